The van der Waals surface area contributed by atoms with E-state index in [9.17, 15) is 4.79 Å². The molecule has 6 nitrogen and oxygen atoms in total. The molecular formula is C18H15N5OS. The van der Waals surface area contributed by atoms with Crippen molar-refractivity contribution >= 4 is 39.5 Å². The average Bonchev–Trinajstić information content (AvgIpc) is 3.23. The highest BCUT2D eigenvalue weighted by atomic mass is 32.1. The Morgan fingerprint density at radius 2 is 2.16 bits per heavy atom. The third kappa shape index (κ3) is 3.36. The SMILES string of the molecule is Nc1cccc(-c2nc(CC(=O)Nc3ccc4[nH]ncc4c3)cs2)c1. The molecule has 7 heteroatoms. The van der Waals surface area contributed by atoms with Crippen LogP contribution in [0.25, 0.3) is 21.5 Å². The second-order valence-electron chi connectivity index (χ2n) is 5.67. The molecule has 0 aliphatic rings. The number of nitrogen functional groups attached to an aromatic ring is 1. The Hall–Kier alpha value is -3.19. The lowest BCUT2D eigenvalue weighted by atomic mass is 10.2. The number of nitrogens with two attached hydrogens (primary N) is 1. The summed E-state index contributed by atoms with van der Waals surface area (Å²) in [7, 11) is 0. The first kappa shape index (κ1) is 15.3. The fourth-order valence-electron chi connectivity index (χ4n) is 2.58. The highest BCUT2D eigenvalue weighted by molar-refractivity contribution is 7.13. The molecule has 2 aromatic heterocycles. The van der Waals surface area contributed by atoms with Gasteiger partial charge in [-0.3, -0.25) is 9.89 Å². The Bertz CT molecular complexity index is 1050. The van der Waals surface area contributed by atoms with E-state index in [1.807, 2.05) is 47.8 Å². The molecule has 0 unspecified atom stereocenters. The standard InChI is InChI=1S/C18H15N5OS/c19-13-3-1-2-11(6-13)18-22-15(10-25-18)8-17(24)21-14-4-5-16-12(7-14)9-20-23-16/h1-7,9-10H,8,19H2,(H,20,23)(H,21,24). The number of aromatic amines is 1. The van der Waals surface area contributed by atoms with Crippen LogP contribution >= 0.6 is 11.3 Å². The van der Waals surface area contributed by atoms with E-state index in [-0.39, 0.29) is 12.3 Å². The van der Waals surface area contributed by atoms with Crippen LogP contribution in [0.15, 0.2) is 54.0 Å². The first-order chi connectivity index (χ1) is 12.2. The van der Waals surface area contributed by atoms with Gasteiger partial charge in [-0.1, -0.05) is 12.1 Å². The molecule has 0 aliphatic heterocycles. The van der Waals surface area contributed by atoms with Gasteiger partial charge in [-0.2, -0.15) is 5.10 Å². The molecule has 4 N–H and O–H groups in total. The summed E-state index contributed by atoms with van der Waals surface area (Å²) in [5.74, 6) is -0.104. The largest absolute Gasteiger partial charge is 0.399 e. The van der Waals surface area contributed by atoms with Crippen LogP contribution in [0.3, 0.4) is 0 Å². The number of hydrogen-bond acceptors (Lipinski definition) is 5. The maximum absolute atomic E-state index is 12.3. The molecule has 4 rings (SSSR count). The minimum atomic E-state index is -0.104. The van der Waals surface area contributed by atoms with Gasteiger partial charge in [0.2, 0.25) is 5.91 Å². The van der Waals surface area contributed by atoms with Gasteiger partial charge in [-0.25, -0.2) is 4.98 Å². The molecule has 0 radical (unpaired) electrons. The van der Waals surface area contributed by atoms with Crippen molar-refractivity contribution in [1.82, 2.24) is 15.2 Å². The van der Waals surface area contributed by atoms with Gasteiger partial charge in [0.1, 0.15) is 5.01 Å². The summed E-state index contributed by atoms with van der Waals surface area (Å²) < 4.78 is 0. The highest BCUT2D eigenvalue weighted by Crippen LogP contribution is 2.25. The summed E-state index contributed by atoms with van der Waals surface area (Å²) in [5.41, 5.74) is 9.88. The smallest absolute Gasteiger partial charge is 0.230 e. The Morgan fingerprint density at radius 3 is 3.04 bits per heavy atom. The number of thiazole rings is 1. The van der Waals surface area contributed by atoms with Gasteiger partial charge in [-0.15, -0.1) is 11.3 Å². The van der Waals surface area contributed by atoms with E-state index >= 15 is 0 Å². The Kier molecular flexibility index (Phi) is 3.91. The van der Waals surface area contributed by atoms with Crippen LogP contribution in [0.4, 0.5) is 11.4 Å². The lowest BCUT2D eigenvalue weighted by molar-refractivity contribution is -0.115. The van der Waals surface area contributed by atoms with Gasteiger partial charge in [0.05, 0.1) is 23.8 Å². The fourth-order valence-corrected chi connectivity index (χ4v) is 3.40. The number of carbonyl (C=O) groups excluding carboxylic acids is 1. The van der Waals surface area contributed by atoms with Crippen molar-refractivity contribution in [2.24, 2.45) is 0 Å². The predicted molar refractivity (Wildman–Crippen MR) is 100 cm³/mol. The lowest BCUT2D eigenvalue weighted by Crippen LogP contribution is -2.14. The molecule has 0 aliphatic carbocycles. The summed E-state index contributed by atoms with van der Waals surface area (Å²) in [6, 6.07) is 13.2. The normalized spacial score (nSPS) is 10.9. The highest BCUT2D eigenvalue weighted by Gasteiger charge is 2.10. The molecule has 0 saturated carbocycles. The van der Waals surface area contributed by atoms with E-state index in [0.717, 1.165) is 32.9 Å². The van der Waals surface area contributed by atoms with Crippen LogP contribution in [-0.4, -0.2) is 21.1 Å². The molecule has 0 bridgehead atoms. The fraction of sp³-hybridized carbons (Fsp3) is 0.0556. The van der Waals surface area contributed by atoms with Crippen LogP contribution in [0.1, 0.15) is 5.69 Å². The molecule has 2 heterocycles. The van der Waals surface area contributed by atoms with Crippen molar-refractivity contribution in [2.45, 2.75) is 6.42 Å². The Balaban J connectivity index is 1.45. The Morgan fingerprint density at radius 1 is 1.24 bits per heavy atom. The van der Waals surface area contributed by atoms with Gasteiger partial charge in [0.25, 0.3) is 0 Å². The van der Waals surface area contributed by atoms with Crippen molar-refractivity contribution in [3.8, 4) is 10.6 Å². The first-order valence-corrected chi connectivity index (χ1v) is 8.59. The van der Waals surface area contributed by atoms with Gasteiger partial charge in [0, 0.05) is 27.7 Å². The van der Waals surface area contributed by atoms with Crippen molar-refractivity contribution in [3.63, 3.8) is 0 Å². The van der Waals surface area contributed by atoms with E-state index in [1.165, 1.54) is 11.3 Å². The monoisotopic (exact) mass is 349 g/mol. The van der Waals surface area contributed by atoms with Crippen molar-refractivity contribution in [3.05, 3.63) is 59.7 Å². The molecule has 0 fully saturated rings. The molecular weight excluding hydrogens is 334 g/mol. The lowest BCUT2D eigenvalue weighted by Gasteiger charge is -2.04. The first-order valence-electron chi connectivity index (χ1n) is 7.71. The van der Waals surface area contributed by atoms with E-state index in [4.69, 9.17) is 5.73 Å². The number of nitrogens with one attached hydrogen (secondary N) is 2. The van der Waals surface area contributed by atoms with Gasteiger partial charge in [-0.05, 0) is 30.3 Å². The van der Waals surface area contributed by atoms with Crippen molar-refractivity contribution in [1.29, 1.82) is 0 Å². The number of H-pyrrole nitrogens is 1. The number of nitrogens with zero attached hydrogens (tertiary/aromatic N) is 2. The van der Waals surface area contributed by atoms with E-state index in [0.29, 0.717) is 5.69 Å². The topological polar surface area (TPSA) is 96.7 Å². The van der Waals surface area contributed by atoms with Gasteiger partial charge < -0.3 is 11.1 Å². The van der Waals surface area contributed by atoms with Crippen LogP contribution in [0.5, 0.6) is 0 Å². The quantitative estimate of drug-likeness (QED) is 0.492. The zero-order chi connectivity index (χ0) is 17.2. The molecule has 4 aromatic rings. The summed E-state index contributed by atoms with van der Waals surface area (Å²) in [5, 5.41) is 13.5. The molecule has 2 aromatic carbocycles. The summed E-state index contributed by atoms with van der Waals surface area (Å²) in [4.78, 5) is 16.8. The number of aromatic nitrogens is 3. The second-order valence-corrected chi connectivity index (χ2v) is 6.52. The van der Waals surface area contributed by atoms with E-state index < -0.39 is 0 Å². The van der Waals surface area contributed by atoms with Crippen LogP contribution in [0.2, 0.25) is 0 Å². The minimum Gasteiger partial charge on any atom is -0.399 e. The maximum atomic E-state index is 12.3. The maximum Gasteiger partial charge on any atom is 0.230 e. The molecule has 25 heavy (non-hydrogen) atoms. The average molecular weight is 349 g/mol. The zero-order valence-corrected chi connectivity index (χ0v) is 14.0. The number of benzene rings is 2. The van der Waals surface area contributed by atoms with Crippen LogP contribution < -0.4 is 11.1 Å². The van der Waals surface area contributed by atoms with Crippen molar-refractivity contribution in [2.75, 3.05) is 11.1 Å². The molecule has 124 valence electrons. The van der Waals surface area contributed by atoms with Crippen molar-refractivity contribution < 1.29 is 4.79 Å². The predicted octanol–water partition coefficient (Wildman–Crippen LogP) is 3.45. The minimum absolute atomic E-state index is 0.104. The summed E-state index contributed by atoms with van der Waals surface area (Å²) in [6.45, 7) is 0. The van der Waals surface area contributed by atoms with Gasteiger partial charge in [0.15, 0.2) is 0 Å². The summed E-state index contributed by atoms with van der Waals surface area (Å²) in [6.07, 6.45) is 1.95. The summed E-state index contributed by atoms with van der Waals surface area (Å²) >= 11 is 1.50. The molecule has 1 amide bonds. The third-order valence-electron chi connectivity index (χ3n) is 3.75. The number of fused-ring (bicyclic) bond motifs is 1. The molecule has 0 saturated heterocycles. The third-order valence-corrected chi connectivity index (χ3v) is 4.69. The van der Waals surface area contributed by atoms with Crippen LogP contribution in [0, 0.1) is 0 Å². The number of hydrogen-bond donors (Lipinski definition) is 3. The van der Waals surface area contributed by atoms with Crippen LogP contribution in [-0.2, 0) is 11.2 Å². The number of amides is 1. The number of rotatable bonds is 4. The Labute approximate surface area is 147 Å². The van der Waals surface area contributed by atoms with E-state index in [2.05, 4.69) is 20.5 Å². The molecule has 0 spiro atoms. The number of anilines is 2. The second kappa shape index (κ2) is 6.37. The number of carbonyl (C=O) groups is 1. The van der Waals surface area contributed by atoms with E-state index in [1.54, 1.807) is 6.20 Å². The zero-order valence-electron chi connectivity index (χ0n) is 13.2. The van der Waals surface area contributed by atoms with Gasteiger partial charge >= 0.3 is 0 Å². The molecule has 0 atom stereocenters.